The van der Waals surface area contributed by atoms with E-state index in [1.807, 2.05) is 87.5 Å². The molecule has 7 nitrogen and oxygen atoms in total. The quantitative estimate of drug-likeness (QED) is 0.287. The highest BCUT2D eigenvalue weighted by molar-refractivity contribution is 9.10. The predicted molar refractivity (Wildman–Crippen MR) is 174 cm³/mol. The molecule has 3 aromatic rings. The van der Waals surface area contributed by atoms with Gasteiger partial charge in [-0.1, -0.05) is 91.3 Å². The predicted octanol–water partition coefficient (Wildman–Crippen LogP) is 6.07. The standard InChI is InChI=1S/C33H42BrN3O4S/c1-32(2,3)26-16-18-28(19-17-26)37(42(7,40)41)23-30(38)36(22-25-14-11-15-27(34)20-25)29(31(39)35-33(4,5)6)21-24-12-9-8-10-13-24/h8-20,29H,21-23H2,1-7H3,(H,35,39)/t29-/m1/s1. The van der Waals surface area contributed by atoms with Gasteiger partial charge in [-0.15, -0.1) is 0 Å². The van der Waals surface area contributed by atoms with Gasteiger partial charge in [0.25, 0.3) is 0 Å². The fourth-order valence-corrected chi connectivity index (χ4v) is 5.88. The first kappa shape index (κ1) is 33.3. The molecule has 0 spiro atoms. The molecule has 0 aromatic heterocycles. The van der Waals surface area contributed by atoms with E-state index in [0.717, 1.165) is 31.7 Å². The van der Waals surface area contributed by atoms with Gasteiger partial charge >= 0.3 is 0 Å². The summed E-state index contributed by atoms with van der Waals surface area (Å²) in [5.41, 5.74) is 2.47. The number of hydrogen-bond donors (Lipinski definition) is 1. The molecule has 0 saturated carbocycles. The molecule has 3 aromatic carbocycles. The van der Waals surface area contributed by atoms with E-state index in [2.05, 4.69) is 42.0 Å². The molecule has 1 N–H and O–H groups in total. The van der Waals surface area contributed by atoms with Crippen molar-refractivity contribution in [1.82, 2.24) is 10.2 Å². The average molecular weight is 657 g/mol. The Morgan fingerprint density at radius 2 is 1.45 bits per heavy atom. The topological polar surface area (TPSA) is 86.8 Å². The van der Waals surface area contributed by atoms with E-state index in [-0.39, 0.29) is 24.3 Å². The van der Waals surface area contributed by atoms with Crippen LogP contribution < -0.4 is 9.62 Å². The lowest BCUT2D eigenvalue weighted by atomic mass is 9.87. The van der Waals surface area contributed by atoms with Gasteiger partial charge in [0.05, 0.1) is 11.9 Å². The van der Waals surface area contributed by atoms with E-state index in [4.69, 9.17) is 0 Å². The van der Waals surface area contributed by atoms with Crippen molar-refractivity contribution in [1.29, 1.82) is 0 Å². The smallest absolute Gasteiger partial charge is 0.244 e. The SMILES string of the molecule is CC(C)(C)NC(=O)[C@@H](Cc1ccccc1)N(Cc1cccc(Br)c1)C(=O)CN(c1ccc(C(C)(C)C)cc1)S(C)(=O)=O. The highest BCUT2D eigenvalue weighted by atomic mass is 79.9. The van der Waals surface area contributed by atoms with Gasteiger partial charge in [0, 0.05) is 23.0 Å². The fourth-order valence-electron chi connectivity index (χ4n) is 4.58. The lowest BCUT2D eigenvalue weighted by molar-refractivity contribution is -0.140. The number of hydrogen-bond acceptors (Lipinski definition) is 4. The molecule has 0 aliphatic carbocycles. The maximum atomic E-state index is 14.2. The van der Waals surface area contributed by atoms with Crippen LogP contribution in [0.25, 0.3) is 0 Å². The van der Waals surface area contributed by atoms with E-state index < -0.39 is 34.1 Å². The highest BCUT2D eigenvalue weighted by Crippen LogP contribution is 2.27. The van der Waals surface area contributed by atoms with Gasteiger partial charge in [-0.3, -0.25) is 13.9 Å². The second kappa shape index (κ2) is 13.4. The maximum absolute atomic E-state index is 14.2. The Morgan fingerprint density at radius 3 is 1.98 bits per heavy atom. The van der Waals surface area contributed by atoms with Gasteiger partial charge in [0.1, 0.15) is 12.6 Å². The van der Waals surface area contributed by atoms with Crippen LogP contribution in [0.15, 0.2) is 83.3 Å². The van der Waals surface area contributed by atoms with Crippen molar-refractivity contribution in [3.05, 3.63) is 100 Å². The van der Waals surface area contributed by atoms with Gasteiger partial charge in [0.15, 0.2) is 0 Å². The normalized spacial score (nSPS) is 12.9. The van der Waals surface area contributed by atoms with Gasteiger partial charge in [0.2, 0.25) is 21.8 Å². The van der Waals surface area contributed by atoms with Crippen molar-refractivity contribution >= 4 is 43.5 Å². The van der Waals surface area contributed by atoms with E-state index in [1.165, 1.54) is 4.90 Å². The number of carbonyl (C=O) groups is 2. The van der Waals surface area contributed by atoms with Gasteiger partial charge in [-0.25, -0.2) is 8.42 Å². The zero-order valence-electron chi connectivity index (χ0n) is 25.5. The molecule has 226 valence electrons. The third-order valence-electron chi connectivity index (χ3n) is 6.71. The number of rotatable bonds is 10. The molecule has 2 amide bonds. The van der Waals surface area contributed by atoms with Crippen LogP contribution in [0.3, 0.4) is 0 Å². The zero-order valence-corrected chi connectivity index (χ0v) is 27.9. The summed E-state index contributed by atoms with van der Waals surface area (Å²) < 4.78 is 28.0. The molecule has 0 bridgehead atoms. The summed E-state index contributed by atoms with van der Waals surface area (Å²) in [4.78, 5) is 29.5. The van der Waals surface area contributed by atoms with Crippen LogP contribution in [0, 0.1) is 0 Å². The van der Waals surface area contributed by atoms with Crippen molar-refractivity contribution in [2.45, 2.75) is 71.5 Å². The molecule has 0 aliphatic rings. The molecular formula is C33H42BrN3O4S. The summed E-state index contributed by atoms with van der Waals surface area (Å²) in [6.07, 6.45) is 1.35. The average Bonchev–Trinajstić information content (AvgIpc) is 2.87. The van der Waals surface area contributed by atoms with Crippen molar-refractivity contribution in [2.24, 2.45) is 0 Å². The summed E-state index contributed by atoms with van der Waals surface area (Å²) in [6.45, 7) is 11.6. The molecule has 0 radical (unpaired) electrons. The first-order valence-corrected chi connectivity index (χ1v) is 16.6. The molecule has 0 unspecified atom stereocenters. The molecule has 0 saturated heterocycles. The lowest BCUT2D eigenvalue weighted by Gasteiger charge is -2.35. The maximum Gasteiger partial charge on any atom is 0.244 e. The summed E-state index contributed by atoms with van der Waals surface area (Å²) in [5.74, 6) is -0.791. The van der Waals surface area contributed by atoms with Crippen LogP contribution in [0.2, 0.25) is 0 Å². The van der Waals surface area contributed by atoms with Crippen molar-refractivity contribution < 1.29 is 18.0 Å². The first-order valence-electron chi connectivity index (χ1n) is 13.9. The summed E-state index contributed by atoms with van der Waals surface area (Å²) in [7, 11) is -3.83. The van der Waals surface area contributed by atoms with Crippen LogP contribution in [-0.4, -0.2) is 49.5 Å². The molecule has 1 atom stereocenters. The van der Waals surface area contributed by atoms with Crippen molar-refractivity contribution in [2.75, 3.05) is 17.1 Å². The van der Waals surface area contributed by atoms with Crippen LogP contribution in [0.4, 0.5) is 5.69 Å². The van der Waals surface area contributed by atoms with Crippen molar-refractivity contribution in [3.63, 3.8) is 0 Å². The molecule has 3 rings (SSSR count). The first-order chi connectivity index (χ1) is 19.4. The largest absolute Gasteiger partial charge is 0.350 e. The van der Waals surface area contributed by atoms with E-state index in [9.17, 15) is 18.0 Å². The van der Waals surface area contributed by atoms with Crippen LogP contribution in [-0.2, 0) is 38.0 Å². The molecular weight excluding hydrogens is 614 g/mol. The number of benzene rings is 3. The van der Waals surface area contributed by atoms with E-state index >= 15 is 0 Å². The second-order valence-electron chi connectivity index (χ2n) is 12.7. The van der Waals surface area contributed by atoms with Crippen LogP contribution in [0.1, 0.15) is 58.2 Å². The number of nitrogens with zero attached hydrogens (tertiary/aromatic N) is 2. The number of anilines is 1. The van der Waals surface area contributed by atoms with Gasteiger partial charge in [-0.2, -0.15) is 0 Å². The third kappa shape index (κ3) is 9.70. The minimum absolute atomic E-state index is 0.115. The molecule has 0 aliphatic heterocycles. The van der Waals surface area contributed by atoms with Crippen LogP contribution in [0.5, 0.6) is 0 Å². The number of nitrogens with one attached hydrogen (secondary N) is 1. The molecule has 9 heteroatoms. The number of halogens is 1. The van der Waals surface area contributed by atoms with Gasteiger partial charge < -0.3 is 10.2 Å². The van der Waals surface area contributed by atoms with Crippen LogP contribution >= 0.6 is 15.9 Å². The fraction of sp³-hybridized carbons (Fsp3) is 0.394. The molecule has 0 fully saturated rings. The summed E-state index contributed by atoms with van der Waals surface area (Å²) in [6, 6.07) is 23.3. The Labute approximate surface area is 259 Å². The lowest BCUT2D eigenvalue weighted by Crippen LogP contribution is -2.56. The van der Waals surface area contributed by atoms with E-state index in [1.54, 1.807) is 12.1 Å². The van der Waals surface area contributed by atoms with Crippen molar-refractivity contribution in [3.8, 4) is 0 Å². The summed E-state index contributed by atoms with van der Waals surface area (Å²) in [5, 5.41) is 3.03. The minimum Gasteiger partial charge on any atom is -0.350 e. The Bertz CT molecular complexity index is 1480. The number of sulfonamides is 1. The molecule has 0 heterocycles. The number of carbonyl (C=O) groups excluding carboxylic acids is 2. The Hall–Kier alpha value is -3.17. The second-order valence-corrected chi connectivity index (χ2v) is 15.5. The van der Waals surface area contributed by atoms with E-state index in [0.29, 0.717) is 5.69 Å². The minimum atomic E-state index is -3.83. The highest BCUT2D eigenvalue weighted by Gasteiger charge is 2.34. The van der Waals surface area contributed by atoms with Gasteiger partial charge in [-0.05, 0) is 67.1 Å². The molecule has 42 heavy (non-hydrogen) atoms. The Morgan fingerprint density at radius 1 is 0.857 bits per heavy atom. The Balaban J connectivity index is 2.07. The zero-order chi connectivity index (χ0) is 31.3. The monoisotopic (exact) mass is 655 g/mol. The number of amides is 2. The summed E-state index contributed by atoms with van der Waals surface area (Å²) >= 11 is 3.49. The third-order valence-corrected chi connectivity index (χ3v) is 8.35. The Kier molecular flexibility index (Phi) is 10.7.